The van der Waals surface area contributed by atoms with Crippen LogP contribution < -0.4 is 10.6 Å². The molecule has 166 valence electrons. The van der Waals surface area contributed by atoms with Crippen LogP contribution in [0.15, 0.2) is 84.9 Å². The Labute approximate surface area is 190 Å². The molecule has 1 atom stereocenters. The molecule has 1 aromatic heterocycles. The number of carbonyl (C=O) groups excluding carboxylic acids is 2. The number of para-hydroxylation sites is 2. The Bertz CT molecular complexity index is 1260. The predicted molar refractivity (Wildman–Crippen MR) is 126 cm³/mol. The number of benzene rings is 3. The molecule has 0 bridgehead atoms. The molecule has 1 heterocycles. The van der Waals surface area contributed by atoms with Gasteiger partial charge in [-0.3, -0.25) is 14.4 Å². The van der Waals surface area contributed by atoms with Crippen LogP contribution in [-0.4, -0.2) is 33.9 Å². The molecular formula is C26H23N3O4. The number of amides is 2. The molecule has 4 aromatic rings. The largest absolute Gasteiger partial charge is 0.481 e. The Balaban J connectivity index is 1.51. The summed E-state index contributed by atoms with van der Waals surface area (Å²) in [6, 6.07) is 24.7. The molecule has 7 heteroatoms. The van der Waals surface area contributed by atoms with Gasteiger partial charge in [0.2, 0.25) is 0 Å². The number of nitrogens with one attached hydrogen (secondary N) is 3. The van der Waals surface area contributed by atoms with Gasteiger partial charge in [-0.25, -0.2) is 0 Å². The van der Waals surface area contributed by atoms with E-state index in [1.54, 1.807) is 30.3 Å². The van der Waals surface area contributed by atoms with Crippen molar-refractivity contribution in [2.24, 2.45) is 0 Å². The second-order valence-corrected chi connectivity index (χ2v) is 7.73. The van der Waals surface area contributed by atoms with Crippen LogP contribution in [0.5, 0.6) is 0 Å². The molecule has 0 saturated carbocycles. The molecule has 0 aliphatic carbocycles. The summed E-state index contributed by atoms with van der Waals surface area (Å²) in [7, 11) is 0. The fourth-order valence-corrected chi connectivity index (χ4v) is 3.72. The van der Waals surface area contributed by atoms with E-state index in [9.17, 15) is 19.5 Å². The summed E-state index contributed by atoms with van der Waals surface area (Å²) in [6.45, 7) is 0. The molecule has 1 unspecified atom stereocenters. The molecule has 0 spiro atoms. The lowest BCUT2D eigenvalue weighted by Crippen LogP contribution is -2.38. The maximum atomic E-state index is 13.0. The smallest absolute Gasteiger partial charge is 0.305 e. The minimum Gasteiger partial charge on any atom is -0.481 e. The Morgan fingerprint density at radius 1 is 0.848 bits per heavy atom. The quantitative estimate of drug-likeness (QED) is 0.328. The van der Waals surface area contributed by atoms with Gasteiger partial charge in [0.25, 0.3) is 11.8 Å². The zero-order valence-electron chi connectivity index (χ0n) is 17.7. The molecule has 0 aliphatic heterocycles. The van der Waals surface area contributed by atoms with Crippen molar-refractivity contribution in [3.05, 3.63) is 102 Å². The van der Waals surface area contributed by atoms with Crippen molar-refractivity contribution in [3.8, 4) is 0 Å². The van der Waals surface area contributed by atoms with E-state index >= 15 is 0 Å². The van der Waals surface area contributed by atoms with Gasteiger partial charge in [-0.2, -0.15) is 0 Å². The first kappa shape index (κ1) is 21.8. The number of aromatic nitrogens is 1. The van der Waals surface area contributed by atoms with Crippen LogP contribution >= 0.6 is 0 Å². The summed E-state index contributed by atoms with van der Waals surface area (Å²) in [5.41, 5.74) is 2.73. The normalized spacial score (nSPS) is 11.6. The van der Waals surface area contributed by atoms with Gasteiger partial charge in [-0.1, -0.05) is 60.7 Å². The van der Waals surface area contributed by atoms with Gasteiger partial charge in [-0.05, 0) is 36.2 Å². The van der Waals surface area contributed by atoms with Crippen molar-refractivity contribution in [1.29, 1.82) is 0 Å². The van der Waals surface area contributed by atoms with E-state index in [-0.39, 0.29) is 17.9 Å². The maximum Gasteiger partial charge on any atom is 0.305 e. The average molecular weight is 441 g/mol. The molecule has 0 fully saturated rings. The molecule has 0 saturated heterocycles. The molecule has 4 rings (SSSR count). The van der Waals surface area contributed by atoms with Gasteiger partial charge < -0.3 is 20.7 Å². The molecule has 7 nitrogen and oxygen atoms in total. The SMILES string of the molecule is O=C(O)CC(Cc1ccccc1)NC(=O)c1ccccc1NC(=O)c1cc2ccccc2[nH]1. The summed E-state index contributed by atoms with van der Waals surface area (Å²) >= 11 is 0. The van der Waals surface area contributed by atoms with E-state index in [0.29, 0.717) is 17.8 Å². The molecule has 0 radical (unpaired) electrons. The Morgan fingerprint density at radius 3 is 2.30 bits per heavy atom. The number of rotatable bonds is 8. The van der Waals surface area contributed by atoms with Crippen LogP contribution in [0.1, 0.15) is 32.8 Å². The summed E-state index contributed by atoms with van der Waals surface area (Å²) in [5.74, 6) is -1.83. The van der Waals surface area contributed by atoms with Gasteiger partial charge in [0.1, 0.15) is 5.69 Å². The molecule has 33 heavy (non-hydrogen) atoms. The highest BCUT2D eigenvalue weighted by Gasteiger charge is 2.20. The number of hydrogen-bond acceptors (Lipinski definition) is 3. The monoisotopic (exact) mass is 441 g/mol. The van der Waals surface area contributed by atoms with Gasteiger partial charge in [0.15, 0.2) is 0 Å². The topological polar surface area (TPSA) is 111 Å². The van der Waals surface area contributed by atoms with Crippen LogP contribution in [0, 0.1) is 0 Å². The van der Waals surface area contributed by atoms with Crippen LogP contribution in [0.2, 0.25) is 0 Å². The van der Waals surface area contributed by atoms with Crippen molar-refractivity contribution in [2.75, 3.05) is 5.32 Å². The zero-order valence-corrected chi connectivity index (χ0v) is 17.7. The number of hydrogen-bond donors (Lipinski definition) is 4. The molecule has 4 N–H and O–H groups in total. The number of H-pyrrole nitrogens is 1. The summed E-state index contributed by atoms with van der Waals surface area (Å²) in [5, 5.41) is 15.8. The molecular weight excluding hydrogens is 418 g/mol. The number of fused-ring (bicyclic) bond motifs is 1. The lowest BCUT2D eigenvalue weighted by atomic mass is 10.0. The minimum atomic E-state index is -1.00. The lowest BCUT2D eigenvalue weighted by Gasteiger charge is -2.18. The van der Waals surface area contributed by atoms with E-state index in [4.69, 9.17) is 0 Å². The second-order valence-electron chi connectivity index (χ2n) is 7.73. The van der Waals surface area contributed by atoms with E-state index < -0.39 is 17.9 Å². The fourth-order valence-electron chi connectivity index (χ4n) is 3.72. The van der Waals surface area contributed by atoms with Crippen molar-refractivity contribution in [2.45, 2.75) is 18.9 Å². The predicted octanol–water partition coefficient (Wildman–Crippen LogP) is 4.24. The van der Waals surface area contributed by atoms with Crippen molar-refractivity contribution in [1.82, 2.24) is 10.3 Å². The zero-order chi connectivity index (χ0) is 23.2. The second kappa shape index (κ2) is 9.82. The summed E-state index contributed by atoms with van der Waals surface area (Å²) in [6.07, 6.45) is 0.159. The summed E-state index contributed by atoms with van der Waals surface area (Å²) in [4.78, 5) is 40.3. The van der Waals surface area contributed by atoms with Crippen LogP contribution in [0.25, 0.3) is 10.9 Å². The number of carbonyl (C=O) groups is 3. The highest BCUT2D eigenvalue weighted by molar-refractivity contribution is 6.09. The number of anilines is 1. The van der Waals surface area contributed by atoms with Gasteiger partial charge in [0, 0.05) is 16.9 Å². The third-order valence-corrected chi connectivity index (χ3v) is 5.28. The molecule has 3 aromatic carbocycles. The van der Waals surface area contributed by atoms with Crippen LogP contribution in [0.4, 0.5) is 5.69 Å². The van der Waals surface area contributed by atoms with Gasteiger partial charge in [-0.15, -0.1) is 0 Å². The van der Waals surface area contributed by atoms with E-state index in [1.807, 2.05) is 54.6 Å². The van der Waals surface area contributed by atoms with Crippen molar-refractivity contribution in [3.63, 3.8) is 0 Å². The lowest BCUT2D eigenvalue weighted by molar-refractivity contribution is -0.137. The number of aromatic amines is 1. The van der Waals surface area contributed by atoms with Crippen molar-refractivity contribution < 1.29 is 19.5 Å². The van der Waals surface area contributed by atoms with Gasteiger partial charge >= 0.3 is 5.97 Å². The fraction of sp³-hybridized carbons (Fsp3) is 0.115. The third kappa shape index (κ3) is 5.46. The first-order valence-electron chi connectivity index (χ1n) is 10.5. The Morgan fingerprint density at radius 2 is 1.55 bits per heavy atom. The Kier molecular flexibility index (Phi) is 6.50. The number of carboxylic acid groups (broad SMARTS) is 1. The summed E-state index contributed by atoms with van der Waals surface area (Å²) < 4.78 is 0. The first-order chi connectivity index (χ1) is 16.0. The van der Waals surface area contributed by atoms with E-state index in [2.05, 4.69) is 15.6 Å². The number of carboxylic acids is 1. The van der Waals surface area contributed by atoms with Crippen LogP contribution in [-0.2, 0) is 11.2 Å². The highest BCUT2D eigenvalue weighted by Crippen LogP contribution is 2.19. The highest BCUT2D eigenvalue weighted by atomic mass is 16.4. The van der Waals surface area contributed by atoms with Crippen LogP contribution in [0.3, 0.4) is 0 Å². The molecule has 0 aliphatic rings. The first-order valence-corrected chi connectivity index (χ1v) is 10.5. The maximum absolute atomic E-state index is 13.0. The molecule has 2 amide bonds. The number of aliphatic carboxylic acids is 1. The minimum absolute atomic E-state index is 0.218. The standard InChI is InChI=1S/C26H23N3O4/c30-24(31)16-19(14-17-8-2-1-3-9-17)27-25(32)20-11-5-7-13-22(20)29-26(33)23-15-18-10-4-6-12-21(18)28-23/h1-13,15,19,28H,14,16H2,(H,27,32)(H,29,33)(H,30,31). The van der Waals surface area contributed by atoms with E-state index in [1.165, 1.54) is 0 Å². The van der Waals surface area contributed by atoms with Gasteiger partial charge in [0.05, 0.1) is 17.7 Å². The van der Waals surface area contributed by atoms with E-state index in [0.717, 1.165) is 16.5 Å². The Hall–Kier alpha value is -4.39. The third-order valence-electron chi connectivity index (χ3n) is 5.28. The van der Waals surface area contributed by atoms with Crippen molar-refractivity contribution >= 4 is 34.4 Å². The average Bonchev–Trinajstić information content (AvgIpc) is 3.24.